The number of ether oxygens (including phenoxy) is 1. The van der Waals surface area contributed by atoms with E-state index in [1.165, 1.54) is 6.26 Å². The Hall–Kier alpha value is -1.18. The summed E-state index contributed by atoms with van der Waals surface area (Å²) in [6.45, 7) is 4.49. The molecule has 3 heterocycles. The minimum Gasteiger partial charge on any atom is -0.378 e. The van der Waals surface area contributed by atoms with Crippen LogP contribution in [0.2, 0.25) is 0 Å². The minimum absolute atomic E-state index is 0.363. The zero-order valence-corrected chi connectivity index (χ0v) is 13.8. The van der Waals surface area contributed by atoms with E-state index < -0.39 is 10.0 Å². The number of aromatic nitrogens is 1. The van der Waals surface area contributed by atoms with Gasteiger partial charge in [0, 0.05) is 31.9 Å². The van der Waals surface area contributed by atoms with Gasteiger partial charge in [0.25, 0.3) is 0 Å². The van der Waals surface area contributed by atoms with E-state index in [4.69, 9.17) is 9.72 Å². The van der Waals surface area contributed by atoms with E-state index in [1.54, 1.807) is 4.31 Å². The number of nitrogens with zero attached hydrogens (tertiary/aromatic N) is 3. The lowest BCUT2D eigenvalue weighted by atomic mass is 10.0. The lowest BCUT2D eigenvalue weighted by Crippen LogP contribution is -2.36. The first kappa shape index (κ1) is 15.7. The van der Waals surface area contributed by atoms with Crippen LogP contribution >= 0.6 is 0 Å². The van der Waals surface area contributed by atoms with Crippen molar-refractivity contribution in [3.8, 4) is 0 Å². The van der Waals surface area contributed by atoms with Crippen molar-refractivity contribution in [2.24, 2.45) is 5.92 Å². The largest absolute Gasteiger partial charge is 0.378 e. The van der Waals surface area contributed by atoms with Crippen LogP contribution in [-0.2, 0) is 21.2 Å². The zero-order chi connectivity index (χ0) is 15.6. The van der Waals surface area contributed by atoms with Gasteiger partial charge in [0.15, 0.2) is 0 Å². The number of pyridine rings is 1. The summed E-state index contributed by atoms with van der Waals surface area (Å²) >= 11 is 0. The maximum atomic E-state index is 11.6. The Balaban J connectivity index is 1.63. The third kappa shape index (κ3) is 3.77. The summed E-state index contributed by atoms with van der Waals surface area (Å²) in [6, 6.07) is 6.11. The first-order valence-corrected chi connectivity index (χ1v) is 9.61. The van der Waals surface area contributed by atoms with Crippen molar-refractivity contribution >= 4 is 15.8 Å². The van der Waals surface area contributed by atoms with Crippen LogP contribution in [0.5, 0.6) is 0 Å². The molecule has 0 bridgehead atoms. The fraction of sp³-hybridized carbons (Fsp3) is 0.667. The highest BCUT2D eigenvalue weighted by Crippen LogP contribution is 2.23. The molecular formula is C15H23N3O3S. The normalized spacial score (nSPS) is 23.9. The van der Waals surface area contributed by atoms with Gasteiger partial charge in [0.2, 0.25) is 10.0 Å². The molecular weight excluding hydrogens is 302 g/mol. The first-order valence-electron chi connectivity index (χ1n) is 7.76. The van der Waals surface area contributed by atoms with E-state index in [0.717, 1.165) is 50.7 Å². The predicted octanol–water partition coefficient (Wildman–Crippen LogP) is 0.742. The monoisotopic (exact) mass is 325 g/mol. The molecule has 1 aromatic heterocycles. The number of sulfonamides is 1. The highest BCUT2D eigenvalue weighted by molar-refractivity contribution is 7.88. The number of anilines is 1. The van der Waals surface area contributed by atoms with Gasteiger partial charge in [0.05, 0.1) is 19.5 Å². The lowest BCUT2D eigenvalue weighted by molar-refractivity contribution is 0.122. The molecule has 2 aliphatic rings. The molecule has 0 saturated carbocycles. The molecule has 1 unspecified atom stereocenters. The summed E-state index contributed by atoms with van der Waals surface area (Å²) in [5.41, 5.74) is 1.05. The van der Waals surface area contributed by atoms with Crippen LogP contribution in [0.3, 0.4) is 0 Å². The molecule has 1 atom stereocenters. The van der Waals surface area contributed by atoms with E-state index in [1.807, 2.05) is 18.2 Å². The van der Waals surface area contributed by atoms with E-state index in [0.29, 0.717) is 19.0 Å². The molecule has 0 N–H and O–H groups in total. The van der Waals surface area contributed by atoms with Crippen LogP contribution in [-0.4, -0.2) is 63.4 Å². The molecule has 22 heavy (non-hydrogen) atoms. The summed E-state index contributed by atoms with van der Waals surface area (Å²) in [7, 11) is -3.06. The number of rotatable bonds is 4. The van der Waals surface area contributed by atoms with Crippen molar-refractivity contribution in [3.05, 3.63) is 23.9 Å². The Bertz CT molecular complexity index is 614. The van der Waals surface area contributed by atoms with E-state index in [2.05, 4.69) is 4.90 Å². The van der Waals surface area contributed by atoms with Crippen molar-refractivity contribution in [2.45, 2.75) is 12.8 Å². The van der Waals surface area contributed by atoms with Crippen molar-refractivity contribution in [3.63, 3.8) is 0 Å². The molecule has 2 saturated heterocycles. The van der Waals surface area contributed by atoms with Crippen LogP contribution in [0.15, 0.2) is 18.2 Å². The molecule has 0 aliphatic carbocycles. The first-order chi connectivity index (χ1) is 10.5. The number of hydrogen-bond donors (Lipinski definition) is 0. The van der Waals surface area contributed by atoms with Gasteiger partial charge in [-0.25, -0.2) is 17.7 Å². The summed E-state index contributed by atoms with van der Waals surface area (Å²) in [5, 5.41) is 0. The fourth-order valence-corrected chi connectivity index (χ4v) is 4.03. The maximum Gasteiger partial charge on any atom is 0.211 e. The highest BCUT2D eigenvalue weighted by Gasteiger charge is 2.28. The van der Waals surface area contributed by atoms with Crippen molar-refractivity contribution in [1.82, 2.24) is 9.29 Å². The van der Waals surface area contributed by atoms with Crippen LogP contribution in [0.25, 0.3) is 0 Å². The van der Waals surface area contributed by atoms with Gasteiger partial charge in [0.1, 0.15) is 5.82 Å². The molecule has 0 spiro atoms. The Morgan fingerprint density at radius 3 is 2.73 bits per heavy atom. The van der Waals surface area contributed by atoms with Crippen molar-refractivity contribution in [1.29, 1.82) is 0 Å². The van der Waals surface area contributed by atoms with Gasteiger partial charge in [-0.05, 0) is 30.9 Å². The SMILES string of the molecule is CS(=O)(=O)N1CCC(Cc2cccc(N3CCOCC3)n2)C1. The molecule has 1 aromatic rings. The number of morpholine rings is 1. The smallest absolute Gasteiger partial charge is 0.211 e. The summed E-state index contributed by atoms with van der Waals surface area (Å²) in [5.74, 6) is 1.36. The number of hydrogen-bond acceptors (Lipinski definition) is 5. The van der Waals surface area contributed by atoms with Crippen molar-refractivity contribution in [2.75, 3.05) is 50.5 Å². The van der Waals surface area contributed by atoms with Gasteiger partial charge in [-0.1, -0.05) is 6.07 Å². The fourth-order valence-electron chi connectivity index (χ4n) is 3.11. The average Bonchev–Trinajstić information content (AvgIpc) is 2.97. The van der Waals surface area contributed by atoms with E-state index in [-0.39, 0.29) is 0 Å². The molecule has 6 nitrogen and oxygen atoms in total. The summed E-state index contributed by atoms with van der Waals surface area (Å²) in [6.07, 6.45) is 3.04. The summed E-state index contributed by atoms with van der Waals surface area (Å²) < 4.78 is 30.1. The van der Waals surface area contributed by atoms with E-state index >= 15 is 0 Å². The molecule has 7 heteroatoms. The van der Waals surface area contributed by atoms with Gasteiger partial charge in [-0.15, -0.1) is 0 Å². The molecule has 3 rings (SSSR count). The Morgan fingerprint density at radius 2 is 2.05 bits per heavy atom. The third-order valence-corrected chi connectivity index (χ3v) is 5.61. The van der Waals surface area contributed by atoms with Gasteiger partial charge in [-0.2, -0.15) is 0 Å². The second kappa shape index (κ2) is 6.52. The molecule has 122 valence electrons. The average molecular weight is 325 g/mol. The standard InChI is InChI=1S/C15H23N3O3S/c1-22(19,20)18-6-5-13(12-18)11-14-3-2-4-15(16-14)17-7-9-21-10-8-17/h2-4,13H,5-12H2,1H3. The molecule has 2 fully saturated rings. The molecule has 2 aliphatic heterocycles. The van der Waals surface area contributed by atoms with Crippen LogP contribution in [0.1, 0.15) is 12.1 Å². The summed E-state index contributed by atoms with van der Waals surface area (Å²) in [4.78, 5) is 6.99. The van der Waals surface area contributed by atoms with E-state index in [9.17, 15) is 8.42 Å². The molecule has 0 aromatic carbocycles. The Morgan fingerprint density at radius 1 is 1.27 bits per heavy atom. The third-order valence-electron chi connectivity index (χ3n) is 4.34. The predicted molar refractivity (Wildman–Crippen MR) is 85.5 cm³/mol. The van der Waals surface area contributed by atoms with Crippen molar-refractivity contribution < 1.29 is 13.2 Å². The maximum absolute atomic E-state index is 11.6. The van der Waals surface area contributed by atoms with Gasteiger partial charge < -0.3 is 9.64 Å². The second-order valence-electron chi connectivity index (χ2n) is 6.07. The Kier molecular flexibility index (Phi) is 4.65. The lowest BCUT2D eigenvalue weighted by Gasteiger charge is -2.28. The second-order valence-corrected chi connectivity index (χ2v) is 8.05. The molecule has 0 amide bonds. The van der Waals surface area contributed by atoms with Gasteiger partial charge in [-0.3, -0.25) is 0 Å². The highest BCUT2D eigenvalue weighted by atomic mass is 32.2. The molecule has 0 radical (unpaired) electrons. The van der Waals surface area contributed by atoms with Gasteiger partial charge >= 0.3 is 0 Å². The quantitative estimate of drug-likeness (QED) is 0.817. The zero-order valence-electron chi connectivity index (χ0n) is 12.9. The Labute approximate surface area is 132 Å². The topological polar surface area (TPSA) is 62.7 Å². The van der Waals surface area contributed by atoms with Crippen LogP contribution < -0.4 is 4.90 Å². The minimum atomic E-state index is -3.06. The van der Waals surface area contributed by atoms with Crippen LogP contribution in [0.4, 0.5) is 5.82 Å². The van der Waals surface area contributed by atoms with Crippen LogP contribution in [0, 0.1) is 5.92 Å².